The number of pyridine rings is 1. The maximum absolute atomic E-state index is 13.3. The molecule has 4 rings (SSSR count). The molecule has 2 unspecified atom stereocenters. The fourth-order valence-corrected chi connectivity index (χ4v) is 5.24. The van der Waals surface area contributed by atoms with Crippen molar-refractivity contribution in [3.63, 3.8) is 0 Å². The predicted molar refractivity (Wildman–Crippen MR) is 120 cm³/mol. The molecule has 10 heteroatoms. The molecule has 3 aromatic rings. The lowest BCUT2D eigenvalue weighted by Crippen LogP contribution is -2.48. The third kappa shape index (κ3) is 4.51. The zero-order valence-corrected chi connectivity index (χ0v) is 18.8. The number of rotatable bonds is 6. The second kappa shape index (κ2) is 8.95. The van der Waals surface area contributed by atoms with Crippen LogP contribution in [0.1, 0.15) is 36.5 Å². The number of hydrogen-bond acceptors (Lipinski definition) is 5. The van der Waals surface area contributed by atoms with Crippen LogP contribution in [0, 0.1) is 11.7 Å². The van der Waals surface area contributed by atoms with E-state index in [4.69, 9.17) is 0 Å². The molecule has 2 atom stereocenters. The molecule has 1 amide bonds. The lowest BCUT2D eigenvalue weighted by Gasteiger charge is -2.35. The number of carbonyl (C=O) groups is 1. The number of fused-ring (bicyclic) bond motifs is 1. The van der Waals surface area contributed by atoms with Gasteiger partial charge in [0.1, 0.15) is 5.82 Å². The minimum absolute atomic E-state index is 0.0431. The van der Waals surface area contributed by atoms with Crippen LogP contribution in [-0.2, 0) is 10.0 Å². The molecule has 170 valence electrons. The van der Waals surface area contributed by atoms with Gasteiger partial charge in [-0.25, -0.2) is 21.8 Å². The lowest BCUT2D eigenvalue weighted by molar-refractivity contribution is 0.0907. The molecule has 8 nitrogen and oxygen atoms in total. The van der Waals surface area contributed by atoms with Crippen LogP contribution in [0.4, 0.5) is 4.39 Å². The van der Waals surface area contributed by atoms with E-state index in [9.17, 15) is 17.6 Å². The summed E-state index contributed by atoms with van der Waals surface area (Å²) >= 11 is 0. The van der Waals surface area contributed by atoms with Gasteiger partial charge in [0, 0.05) is 30.7 Å². The molecule has 1 saturated heterocycles. The Kier molecular flexibility index (Phi) is 6.25. The number of benzene rings is 1. The van der Waals surface area contributed by atoms with E-state index >= 15 is 0 Å². The van der Waals surface area contributed by atoms with Crippen LogP contribution in [0.5, 0.6) is 0 Å². The van der Waals surface area contributed by atoms with Gasteiger partial charge < -0.3 is 5.32 Å². The predicted octanol–water partition coefficient (Wildman–Crippen LogP) is 2.74. The number of hydrogen-bond donors (Lipinski definition) is 1. The summed E-state index contributed by atoms with van der Waals surface area (Å²) in [6.07, 6.45) is 8.26. The van der Waals surface area contributed by atoms with E-state index in [1.807, 2.05) is 6.92 Å². The second-order valence-electron chi connectivity index (χ2n) is 8.16. The molecule has 32 heavy (non-hydrogen) atoms. The van der Waals surface area contributed by atoms with Crippen LogP contribution in [0.3, 0.4) is 0 Å². The third-order valence-electron chi connectivity index (χ3n) is 6.03. The first-order valence-electron chi connectivity index (χ1n) is 10.6. The molecule has 0 spiro atoms. The van der Waals surface area contributed by atoms with Gasteiger partial charge in [0.2, 0.25) is 10.0 Å². The molecule has 1 N–H and O–H groups in total. The van der Waals surface area contributed by atoms with Crippen molar-refractivity contribution in [1.29, 1.82) is 0 Å². The Morgan fingerprint density at radius 1 is 1.25 bits per heavy atom. The number of halogens is 1. The van der Waals surface area contributed by atoms with E-state index in [1.54, 1.807) is 29.2 Å². The van der Waals surface area contributed by atoms with Crippen LogP contribution in [-0.4, -0.2) is 58.8 Å². The van der Waals surface area contributed by atoms with E-state index in [2.05, 4.69) is 15.4 Å². The summed E-state index contributed by atoms with van der Waals surface area (Å²) in [6.45, 7) is 2.91. The van der Waals surface area contributed by atoms with E-state index in [-0.39, 0.29) is 23.7 Å². The summed E-state index contributed by atoms with van der Waals surface area (Å²) < 4.78 is 40.3. The summed E-state index contributed by atoms with van der Waals surface area (Å²) in [7, 11) is -3.26. The topological polar surface area (TPSA) is 97.2 Å². The first kappa shape index (κ1) is 22.3. The normalized spacial score (nSPS) is 18.5. The van der Waals surface area contributed by atoms with Gasteiger partial charge in [0.25, 0.3) is 5.91 Å². The largest absolute Gasteiger partial charge is 0.349 e. The molecule has 0 bridgehead atoms. The van der Waals surface area contributed by atoms with E-state index in [0.717, 1.165) is 12.8 Å². The van der Waals surface area contributed by atoms with Crippen molar-refractivity contribution in [3.05, 3.63) is 54.2 Å². The Morgan fingerprint density at radius 2 is 2.00 bits per heavy atom. The average Bonchev–Trinajstić information content (AvgIpc) is 3.21. The van der Waals surface area contributed by atoms with Gasteiger partial charge in [-0.05, 0) is 49.4 Å². The number of sulfonamides is 1. The van der Waals surface area contributed by atoms with Crippen LogP contribution in [0.2, 0.25) is 0 Å². The molecule has 0 aliphatic carbocycles. The summed E-state index contributed by atoms with van der Waals surface area (Å²) in [5.74, 6) is -0.572. The molecule has 0 saturated carbocycles. The van der Waals surface area contributed by atoms with Gasteiger partial charge in [0.05, 0.1) is 35.4 Å². The highest BCUT2D eigenvalue weighted by Crippen LogP contribution is 2.25. The van der Waals surface area contributed by atoms with Crippen LogP contribution in [0.15, 0.2) is 42.9 Å². The highest BCUT2D eigenvalue weighted by Gasteiger charge is 2.31. The van der Waals surface area contributed by atoms with Crippen LogP contribution in [0.25, 0.3) is 16.6 Å². The smallest absolute Gasteiger partial charge is 0.253 e. The summed E-state index contributed by atoms with van der Waals surface area (Å²) in [6, 6.07) is 5.76. The summed E-state index contributed by atoms with van der Waals surface area (Å²) in [5, 5.41) is 8.09. The molecule has 1 aliphatic heterocycles. The molecular formula is C22H26FN5O3S. The number of piperidine rings is 1. The molecule has 0 radical (unpaired) electrons. The van der Waals surface area contributed by atoms with Crippen molar-refractivity contribution in [2.75, 3.05) is 19.3 Å². The van der Waals surface area contributed by atoms with Crippen molar-refractivity contribution in [1.82, 2.24) is 24.4 Å². The van der Waals surface area contributed by atoms with E-state index in [1.165, 1.54) is 28.9 Å². The number of aromatic nitrogens is 3. The summed E-state index contributed by atoms with van der Waals surface area (Å²) in [4.78, 5) is 17.4. The van der Waals surface area contributed by atoms with Crippen LogP contribution < -0.4 is 5.32 Å². The van der Waals surface area contributed by atoms with Crippen molar-refractivity contribution < 1.29 is 17.6 Å². The van der Waals surface area contributed by atoms with Gasteiger partial charge in [-0.2, -0.15) is 5.10 Å². The standard InChI is InChI=1S/C22H26FN5O3S/c1-3-20(15-5-4-10-27(14-15)32(2,30)31)26-22(29)19-11-24-13-21-18(19)12-25-28(21)17-8-6-16(23)7-9-17/h6-9,11-13,15,20H,3-5,10,14H2,1-2H3,(H,26,29). The zero-order chi connectivity index (χ0) is 22.9. The molecule has 1 aromatic carbocycles. The Bertz CT molecular complexity index is 1230. The second-order valence-corrected chi connectivity index (χ2v) is 10.1. The quantitative estimate of drug-likeness (QED) is 0.611. The highest BCUT2D eigenvalue weighted by atomic mass is 32.2. The maximum Gasteiger partial charge on any atom is 0.253 e. The van der Waals surface area contributed by atoms with Gasteiger partial charge in [-0.3, -0.25) is 9.78 Å². The van der Waals surface area contributed by atoms with Crippen LogP contribution >= 0.6 is 0 Å². The van der Waals surface area contributed by atoms with E-state index in [0.29, 0.717) is 41.7 Å². The molecule has 1 aliphatic rings. The van der Waals surface area contributed by atoms with Crippen molar-refractivity contribution in [2.45, 2.75) is 32.2 Å². The van der Waals surface area contributed by atoms with Crippen molar-refractivity contribution in [2.24, 2.45) is 5.92 Å². The van der Waals surface area contributed by atoms with E-state index < -0.39 is 10.0 Å². The van der Waals surface area contributed by atoms with Gasteiger partial charge >= 0.3 is 0 Å². The number of amides is 1. The molecule has 3 heterocycles. The van der Waals surface area contributed by atoms with Gasteiger partial charge in [-0.1, -0.05) is 6.92 Å². The minimum Gasteiger partial charge on any atom is -0.349 e. The minimum atomic E-state index is -3.26. The first-order valence-corrected chi connectivity index (χ1v) is 12.5. The molecular weight excluding hydrogens is 433 g/mol. The maximum atomic E-state index is 13.3. The number of nitrogens with zero attached hydrogens (tertiary/aromatic N) is 4. The van der Waals surface area contributed by atoms with Gasteiger partial charge in [0.15, 0.2) is 0 Å². The lowest BCUT2D eigenvalue weighted by atomic mass is 9.90. The SMILES string of the molecule is CCC(NC(=O)c1cncc2c1cnn2-c1ccc(F)cc1)C1CCCN(S(C)(=O)=O)C1. The third-order valence-corrected chi connectivity index (χ3v) is 7.30. The molecule has 1 fully saturated rings. The van der Waals surface area contributed by atoms with Gasteiger partial charge in [-0.15, -0.1) is 0 Å². The Morgan fingerprint density at radius 3 is 2.69 bits per heavy atom. The van der Waals surface area contributed by atoms with Crippen molar-refractivity contribution in [3.8, 4) is 5.69 Å². The average molecular weight is 460 g/mol. The fourth-order valence-electron chi connectivity index (χ4n) is 4.31. The summed E-state index contributed by atoms with van der Waals surface area (Å²) in [5.41, 5.74) is 1.69. The molecule has 2 aromatic heterocycles. The Balaban J connectivity index is 1.57. The Hall–Kier alpha value is -2.85. The fraction of sp³-hybridized carbons (Fsp3) is 0.409. The zero-order valence-electron chi connectivity index (χ0n) is 18.0. The Labute approximate surface area is 186 Å². The number of nitrogens with one attached hydrogen (secondary N) is 1. The van der Waals surface area contributed by atoms with Crippen molar-refractivity contribution >= 4 is 26.8 Å². The highest BCUT2D eigenvalue weighted by molar-refractivity contribution is 7.88. The number of carbonyl (C=O) groups excluding carboxylic acids is 1. The monoisotopic (exact) mass is 459 g/mol. The first-order chi connectivity index (χ1) is 15.3.